The van der Waals surface area contributed by atoms with Gasteiger partial charge in [-0.15, -0.1) is 0 Å². The van der Waals surface area contributed by atoms with E-state index in [0.717, 1.165) is 5.57 Å². The molecular formula is C14H21NO2. The molecule has 1 N–H and O–H groups in total. The number of amides is 2. The number of hydrogen-bond acceptors (Lipinski definition) is 2. The van der Waals surface area contributed by atoms with Crippen LogP contribution in [0.4, 0.5) is 0 Å². The highest BCUT2D eigenvalue weighted by Crippen LogP contribution is 2.21. The van der Waals surface area contributed by atoms with Gasteiger partial charge >= 0.3 is 0 Å². The van der Waals surface area contributed by atoms with Gasteiger partial charge in [0.2, 0.25) is 11.8 Å². The van der Waals surface area contributed by atoms with Gasteiger partial charge in [0.15, 0.2) is 0 Å². The highest BCUT2D eigenvalue weighted by molar-refractivity contribution is 6.00. The lowest BCUT2D eigenvalue weighted by molar-refractivity contribution is -0.135. The number of carbonyl (C=O) groups excluding carboxylic acids is 2. The van der Waals surface area contributed by atoms with E-state index in [4.69, 9.17) is 0 Å². The first-order valence-electron chi connectivity index (χ1n) is 5.98. The molecular weight excluding hydrogens is 214 g/mol. The first-order chi connectivity index (χ1) is 8.19. The Bertz CT molecular complexity index is 340. The van der Waals surface area contributed by atoms with Gasteiger partial charge in [-0.25, -0.2) is 0 Å². The summed E-state index contributed by atoms with van der Waals surface area (Å²) in [4.78, 5) is 22.5. The second-order valence-corrected chi connectivity index (χ2v) is 3.40. The molecule has 1 saturated heterocycles. The summed E-state index contributed by atoms with van der Waals surface area (Å²) in [6, 6.07) is 0. The normalized spacial score (nSPS) is 20.6. The smallest absolute Gasteiger partial charge is 0.234 e. The molecule has 0 bridgehead atoms. The largest absolute Gasteiger partial charge is 0.296 e. The first-order valence-corrected chi connectivity index (χ1v) is 5.98. The van der Waals surface area contributed by atoms with E-state index in [9.17, 15) is 9.59 Å². The third-order valence-electron chi connectivity index (χ3n) is 2.36. The number of carbonyl (C=O) groups is 2. The maximum absolute atomic E-state index is 11.5. The van der Waals surface area contributed by atoms with Crippen LogP contribution in [0, 0.1) is 5.92 Å². The number of allylic oxidation sites excluding steroid dienone is 4. The fourth-order valence-electron chi connectivity index (χ4n) is 1.55. The molecule has 1 rings (SSSR count). The van der Waals surface area contributed by atoms with E-state index in [1.165, 1.54) is 0 Å². The van der Waals surface area contributed by atoms with E-state index >= 15 is 0 Å². The number of piperidine rings is 1. The fraction of sp³-hybridized carbons (Fsp3) is 0.429. The Morgan fingerprint density at radius 1 is 1.41 bits per heavy atom. The zero-order valence-electron chi connectivity index (χ0n) is 10.8. The van der Waals surface area contributed by atoms with Crippen molar-refractivity contribution < 1.29 is 9.59 Å². The van der Waals surface area contributed by atoms with Crippen LogP contribution in [0.5, 0.6) is 0 Å². The van der Waals surface area contributed by atoms with Crippen LogP contribution in [-0.4, -0.2) is 11.8 Å². The van der Waals surface area contributed by atoms with E-state index < -0.39 is 0 Å². The first kappa shape index (κ1) is 15.4. The molecule has 1 unspecified atom stereocenters. The molecule has 0 aromatic rings. The summed E-state index contributed by atoms with van der Waals surface area (Å²) >= 11 is 0. The minimum absolute atomic E-state index is 0.189. The van der Waals surface area contributed by atoms with Gasteiger partial charge in [-0.05, 0) is 18.9 Å². The number of rotatable bonds is 3. The van der Waals surface area contributed by atoms with Gasteiger partial charge in [0.25, 0.3) is 0 Å². The van der Waals surface area contributed by atoms with Crippen molar-refractivity contribution in [3.63, 3.8) is 0 Å². The fourth-order valence-corrected chi connectivity index (χ4v) is 1.55. The Kier molecular flexibility index (Phi) is 7.68. The van der Waals surface area contributed by atoms with Crippen molar-refractivity contribution in [1.29, 1.82) is 0 Å². The van der Waals surface area contributed by atoms with Crippen molar-refractivity contribution in [1.82, 2.24) is 5.32 Å². The van der Waals surface area contributed by atoms with Crippen molar-refractivity contribution in [3.8, 4) is 0 Å². The van der Waals surface area contributed by atoms with Crippen molar-refractivity contribution in [3.05, 3.63) is 36.5 Å². The Morgan fingerprint density at radius 3 is 2.53 bits per heavy atom. The van der Waals surface area contributed by atoms with E-state index in [2.05, 4.69) is 11.9 Å². The predicted molar refractivity (Wildman–Crippen MR) is 70.3 cm³/mol. The highest BCUT2D eigenvalue weighted by Gasteiger charge is 2.27. The molecule has 0 spiro atoms. The van der Waals surface area contributed by atoms with Gasteiger partial charge in [-0.3, -0.25) is 14.9 Å². The van der Waals surface area contributed by atoms with Crippen LogP contribution in [-0.2, 0) is 9.59 Å². The van der Waals surface area contributed by atoms with Crippen LogP contribution < -0.4 is 5.32 Å². The molecule has 1 aliphatic rings. The molecule has 1 aliphatic heterocycles. The molecule has 17 heavy (non-hydrogen) atoms. The third kappa shape index (κ3) is 4.81. The molecule has 94 valence electrons. The minimum Gasteiger partial charge on any atom is -0.296 e. The zero-order valence-corrected chi connectivity index (χ0v) is 10.8. The molecule has 0 aromatic carbocycles. The van der Waals surface area contributed by atoms with E-state index in [-0.39, 0.29) is 17.7 Å². The van der Waals surface area contributed by atoms with Gasteiger partial charge in [-0.2, -0.15) is 0 Å². The summed E-state index contributed by atoms with van der Waals surface area (Å²) in [6.07, 6.45) is 8.24. The van der Waals surface area contributed by atoms with Crippen molar-refractivity contribution >= 4 is 11.8 Å². The van der Waals surface area contributed by atoms with Gasteiger partial charge < -0.3 is 0 Å². The lowest BCUT2D eigenvalue weighted by Gasteiger charge is -2.21. The van der Waals surface area contributed by atoms with Gasteiger partial charge in [0, 0.05) is 6.42 Å². The Morgan fingerprint density at radius 2 is 2.06 bits per heavy atom. The van der Waals surface area contributed by atoms with Crippen LogP contribution in [0.15, 0.2) is 36.5 Å². The molecule has 1 heterocycles. The van der Waals surface area contributed by atoms with Crippen LogP contribution in [0.1, 0.15) is 33.6 Å². The van der Waals surface area contributed by atoms with Crippen LogP contribution >= 0.6 is 0 Å². The molecule has 3 nitrogen and oxygen atoms in total. The summed E-state index contributed by atoms with van der Waals surface area (Å²) in [7, 11) is 0. The maximum Gasteiger partial charge on any atom is 0.234 e. The second-order valence-electron chi connectivity index (χ2n) is 3.40. The topological polar surface area (TPSA) is 46.2 Å². The van der Waals surface area contributed by atoms with Gasteiger partial charge in [0.05, 0.1) is 5.92 Å². The minimum atomic E-state index is -0.239. The second kappa shape index (κ2) is 8.50. The van der Waals surface area contributed by atoms with Crippen LogP contribution in [0.3, 0.4) is 0 Å². The molecule has 0 saturated carbocycles. The summed E-state index contributed by atoms with van der Waals surface area (Å²) in [5.74, 6) is -0.649. The average molecular weight is 235 g/mol. The molecule has 2 amide bonds. The summed E-state index contributed by atoms with van der Waals surface area (Å²) in [5, 5.41) is 2.33. The predicted octanol–water partition coefficient (Wildman–Crippen LogP) is 2.75. The SMILES string of the molecule is C=C/C(=C\C=C/C)C1CCC(=O)NC1=O.CC. The Balaban J connectivity index is 0.00000121. The van der Waals surface area contributed by atoms with Gasteiger partial charge in [0.1, 0.15) is 0 Å². The number of hydrogen-bond donors (Lipinski definition) is 1. The lowest BCUT2D eigenvalue weighted by Crippen LogP contribution is -2.41. The Labute approximate surface area is 103 Å². The standard InChI is InChI=1S/C12H15NO2.C2H6/c1-3-5-6-9(4-2)10-7-8-11(14)13-12(10)15;1-2/h3-6,10H,2,7-8H2,1H3,(H,13,14,15);1-2H3/b5-3-,9-6+;. The number of nitrogens with one attached hydrogen (secondary N) is 1. The summed E-state index contributed by atoms with van der Waals surface area (Å²) < 4.78 is 0. The maximum atomic E-state index is 11.5. The zero-order chi connectivity index (χ0) is 13.3. The van der Waals surface area contributed by atoms with Crippen molar-refractivity contribution in [2.75, 3.05) is 0 Å². The van der Waals surface area contributed by atoms with E-state index in [1.807, 2.05) is 39.0 Å². The van der Waals surface area contributed by atoms with Crippen molar-refractivity contribution in [2.24, 2.45) is 5.92 Å². The third-order valence-corrected chi connectivity index (χ3v) is 2.36. The summed E-state index contributed by atoms with van der Waals surface area (Å²) in [5.41, 5.74) is 0.859. The monoisotopic (exact) mass is 235 g/mol. The molecule has 1 fully saturated rings. The lowest BCUT2D eigenvalue weighted by atomic mass is 9.90. The quantitative estimate of drug-likeness (QED) is 0.604. The van der Waals surface area contributed by atoms with Crippen molar-refractivity contribution in [2.45, 2.75) is 33.6 Å². The van der Waals surface area contributed by atoms with Crippen LogP contribution in [0.2, 0.25) is 0 Å². The molecule has 0 aliphatic carbocycles. The average Bonchev–Trinajstić information content (AvgIpc) is 2.34. The van der Waals surface area contributed by atoms with Crippen LogP contribution in [0.25, 0.3) is 0 Å². The molecule has 3 heteroatoms. The molecule has 0 aromatic heterocycles. The van der Waals surface area contributed by atoms with E-state index in [0.29, 0.717) is 12.8 Å². The molecule has 1 atom stereocenters. The molecule has 0 radical (unpaired) electrons. The van der Waals surface area contributed by atoms with E-state index in [1.54, 1.807) is 6.08 Å². The Hall–Kier alpha value is -1.64. The summed E-state index contributed by atoms with van der Waals surface area (Å²) in [6.45, 7) is 9.58. The van der Waals surface area contributed by atoms with Gasteiger partial charge in [-0.1, -0.05) is 44.7 Å². The highest BCUT2D eigenvalue weighted by atomic mass is 16.2. The number of imide groups is 1.